The molecule has 0 aromatic heterocycles. The topological polar surface area (TPSA) is 102 Å². The summed E-state index contributed by atoms with van der Waals surface area (Å²) in [6.45, 7) is 7.61. The van der Waals surface area contributed by atoms with Crippen molar-refractivity contribution >= 4 is 21.9 Å². The summed E-state index contributed by atoms with van der Waals surface area (Å²) < 4.78 is 31.7. The zero-order valence-corrected chi connectivity index (χ0v) is 15.9. The predicted molar refractivity (Wildman–Crippen MR) is 94.6 cm³/mol. The van der Waals surface area contributed by atoms with Crippen LogP contribution in [0.25, 0.3) is 0 Å². The standard InChI is InChI=1S/C17H26N2O5S/c1-5-18-17(21)13(4)24-16(20)10-11-19-25(22,23)15-8-6-14(7-9-15)12(2)3/h6-9,12-13,19H,5,10-11H2,1-4H3,(H,18,21)/t13-/m1/s1. The summed E-state index contributed by atoms with van der Waals surface area (Å²) in [6.07, 6.45) is -1.07. The molecule has 1 aromatic rings. The van der Waals surface area contributed by atoms with E-state index in [9.17, 15) is 18.0 Å². The maximum atomic E-state index is 12.2. The molecule has 140 valence electrons. The molecule has 0 aliphatic rings. The fourth-order valence-electron chi connectivity index (χ4n) is 2.03. The highest BCUT2D eigenvalue weighted by molar-refractivity contribution is 7.89. The van der Waals surface area contributed by atoms with Gasteiger partial charge in [-0.15, -0.1) is 0 Å². The quantitative estimate of drug-likeness (QED) is 0.642. The SMILES string of the molecule is CCNC(=O)[C@@H](C)OC(=O)CCNS(=O)(=O)c1ccc(C(C)C)cc1. The van der Waals surface area contributed by atoms with E-state index in [-0.39, 0.29) is 23.8 Å². The van der Waals surface area contributed by atoms with Crippen LogP contribution in [0, 0.1) is 0 Å². The lowest BCUT2D eigenvalue weighted by molar-refractivity contribution is -0.154. The van der Waals surface area contributed by atoms with E-state index in [1.165, 1.54) is 19.1 Å². The zero-order chi connectivity index (χ0) is 19.0. The van der Waals surface area contributed by atoms with Crippen LogP contribution in [0.5, 0.6) is 0 Å². The van der Waals surface area contributed by atoms with Crippen LogP contribution in [0.3, 0.4) is 0 Å². The maximum absolute atomic E-state index is 12.2. The molecule has 1 amide bonds. The molecule has 0 unspecified atom stereocenters. The average molecular weight is 370 g/mol. The van der Waals surface area contributed by atoms with Gasteiger partial charge in [-0.05, 0) is 37.5 Å². The number of ether oxygens (including phenoxy) is 1. The zero-order valence-electron chi connectivity index (χ0n) is 15.0. The second-order valence-corrected chi connectivity index (χ2v) is 7.67. The number of carbonyl (C=O) groups is 2. The molecule has 2 N–H and O–H groups in total. The molecule has 1 aromatic carbocycles. The Hall–Kier alpha value is -1.93. The van der Waals surface area contributed by atoms with Crippen LogP contribution in [-0.2, 0) is 24.3 Å². The fourth-order valence-corrected chi connectivity index (χ4v) is 3.06. The number of hydrogen-bond acceptors (Lipinski definition) is 5. The van der Waals surface area contributed by atoms with Crippen molar-refractivity contribution in [3.8, 4) is 0 Å². The fraction of sp³-hybridized carbons (Fsp3) is 0.529. The lowest BCUT2D eigenvalue weighted by Gasteiger charge is -2.13. The molecule has 1 atom stereocenters. The van der Waals surface area contributed by atoms with Crippen LogP contribution in [0.2, 0.25) is 0 Å². The normalized spacial score (nSPS) is 12.7. The van der Waals surface area contributed by atoms with Crippen molar-refractivity contribution < 1.29 is 22.7 Å². The van der Waals surface area contributed by atoms with Crippen LogP contribution in [0.15, 0.2) is 29.2 Å². The number of hydrogen-bond donors (Lipinski definition) is 2. The minimum absolute atomic E-state index is 0.102. The number of rotatable bonds is 9. The second-order valence-electron chi connectivity index (χ2n) is 5.90. The molecule has 0 bridgehead atoms. The van der Waals surface area contributed by atoms with Crippen molar-refractivity contribution in [3.63, 3.8) is 0 Å². The molecular weight excluding hydrogens is 344 g/mol. The Bertz CT molecular complexity index is 683. The van der Waals surface area contributed by atoms with Crippen LogP contribution in [0.1, 0.15) is 45.6 Å². The Balaban J connectivity index is 2.51. The van der Waals surface area contributed by atoms with E-state index in [4.69, 9.17) is 4.74 Å². The summed E-state index contributed by atoms with van der Waals surface area (Å²) in [5.74, 6) is -0.718. The van der Waals surface area contributed by atoms with Crippen LogP contribution in [0.4, 0.5) is 0 Å². The second kappa shape index (κ2) is 9.53. The Labute approximate surface area is 149 Å². The maximum Gasteiger partial charge on any atom is 0.307 e. The highest BCUT2D eigenvalue weighted by atomic mass is 32.2. The van der Waals surface area contributed by atoms with Gasteiger partial charge in [0.05, 0.1) is 11.3 Å². The third-order valence-corrected chi connectivity index (χ3v) is 4.98. The lowest BCUT2D eigenvalue weighted by Crippen LogP contribution is -2.36. The summed E-state index contributed by atoms with van der Waals surface area (Å²) in [6, 6.07) is 6.60. The van der Waals surface area contributed by atoms with Crippen LogP contribution in [-0.4, -0.2) is 39.5 Å². The van der Waals surface area contributed by atoms with Crippen molar-refractivity contribution in [2.75, 3.05) is 13.1 Å². The summed E-state index contributed by atoms with van der Waals surface area (Å²) in [7, 11) is -3.69. The number of nitrogens with one attached hydrogen (secondary N) is 2. The molecule has 25 heavy (non-hydrogen) atoms. The van der Waals surface area contributed by atoms with Gasteiger partial charge in [0, 0.05) is 13.1 Å². The minimum atomic E-state index is -3.69. The van der Waals surface area contributed by atoms with Crippen molar-refractivity contribution in [3.05, 3.63) is 29.8 Å². The first-order valence-corrected chi connectivity index (χ1v) is 9.72. The molecule has 0 radical (unpaired) electrons. The number of carbonyl (C=O) groups excluding carboxylic acids is 2. The van der Waals surface area contributed by atoms with E-state index in [0.717, 1.165) is 5.56 Å². The van der Waals surface area contributed by atoms with Crippen molar-refractivity contribution in [1.82, 2.24) is 10.0 Å². The predicted octanol–water partition coefficient (Wildman–Crippen LogP) is 1.55. The molecule has 1 rings (SSSR count). The van der Waals surface area contributed by atoms with Gasteiger partial charge in [0.1, 0.15) is 0 Å². The van der Waals surface area contributed by atoms with Gasteiger partial charge in [-0.25, -0.2) is 13.1 Å². The molecule has 0 heterocycles. The Morgan fingerprint density at radius 2 is 1.72 bits per heavy atom. The monoisotopic (exact) mass is 370 g/mol. The van der Waals surface area contributed by atoms with E-state index in [1.54, 1.807) is 19.1 Å². The van der Waals surface area contributed by atoms with Gasteiger partial charge in [0.2, 0.25) is 10.0 Å². The van der Waals surface area contributed by atoms with Gasteiger partial charge in [0.15, 0.2) is 6.10 Å². The molecule has 8 heteroatoms. The van der Waals surface area contributed by atoms with Gasteiger partial charge < -0.3 is 10.1 Å². The first-order chi connectivity index (χ1) is 11.7. The molecule has 0 fully saturated rings. The molecule has 0 spiro atoms. The summed E-state index contributed by atoms with van der Waals surface area (Å²) in [5.41, 5.74) is 1.04. The Kier molecular flexibility index (Phi) is 8.05. The number of likely N-dealkylation sites (N-methyl/N-ethyl adjacent to an activating group) is 1. The smallest absolute Gasteiger partial charge is 0.307 e. The molecular formula is C17H26N2O5S. The molecule has 0 saturated carbocycles. The Morgan fingerprint density at radius 3 is 2.24 bits per heavy atom. The first kappa shape index (κ1) is 21.1. The first-order valence-electron chi connectivity index (χ1n) is 8.24. The van der Waals surface area contributed by atoms with Gasteiger partial charge in [-0.2, -0.15) is 0 Å². The lowest BCUT2D eigenvalue weighted by atomic mass is 10.0. The van der Waals surface area contributed by atoms with Crippen LogP contribution >= 0.6 is 0 Å². The van der Waals surface area contributed by atoms with Crippen molar-refractivity contribution in [2.24, 2.45) is 0 Å². The number of esters is 1. The summed E-state index contributed by atoms with van der Waals surface area (Å²) in [5, 5.41) is 2.54. The molecule has 0 aliphatic heterocycles. The van der Waals surface area contributed by atoms with E-state index in [2.05, 4.69) is 10.0 Å². The van der Waals surface area contributed by atoms with Gasteiger partial charge >= 0.3 is 5.97 Å². The van der Waals surface area contributed by atoms with Crippen LogP contribution < -0.4 is 10.0 Å². The number of sulfonamides is 1. The van der Waals surface area contributed by atoms with Gasteiger partial charge in [-0.1, -0.05) is 26.0 Å². The van der Waals surface area contributed by atoms with Crippen molar-refractivity contribution in [1.29, 1.82) is 0 Å². The third kappa shape index (κ3) is 6.83. The van der Waals surface area contributed by atoms with E-state index >= 15 is 0 Å². The summed E-state index contributed by atoms with van der Waals surface area (Å²) >= 11 is 0. The largest absolute Gasteiger partial charge is 0.453 e. The van der Waals surface area contributed by atoms with E-state index in [0.29, 0.717) is 12.5 Å². The molecule has 0 saturated heterocycles. The van der Waals surface area contributed by atoms with Gasteiger partial charge in [-0.3, -0.25) is 9.59 Å². The third-order valence-electron chi connectivity index (χ3n) is 3.51. The van der Waals surface area contributed by atoms with E-state index < -0.39 is 22.1 Å². The van der Waals surface area contributed by atoms with E-state index in [1.807, 2.05) is 13.8 Å². The Morgan fingerprint density at radius 1 is 1.12 bits per heavy atom. The molecule has 7 nitrogen and oxygen atoms in total. The summed E-state index contributed by atoms with van der Waals surface area (Å²) in [4.78, 5) is 23.3. The minimum Gasteiger partial charge on any atom is -0.453 e. The highest BCUT2D eigenvalue weighted by Crippen LogP contribution is 2.17. The number of amides is 1. The average Bonchev–Trinajstić information content (AvgIpc) is 2.54. The van der Waals surface area contributed by atoms with Gasteiger partial charge in [0.25, 0.3) is 5.91 Å². The number of benzene rings is 1. The van der Waals surface area contributed by atoms with Crippen molar-refractivity contribution in [2.45, 2.75) is 51.0 Å². The molecule has 0 aliphatic carbocycles. The highest BCUT2D eigenvalue weighted by Gasteiger charge is 2.18.